The molecule has 0 aliphatic rings. The molecule has 9 heavy (non-hydrogen) atoms. The minimum Gasteiger partial charge on any atom is -0.324 e. The van der Waals surface area contributed by atoms with Crippen LogP contribution in [0.3, 0.4) is 0 Å². The van der Waals surface area contributed by atoms with Crippen LogP contribution in [0, 0.1) is 0 Å². The Morgan fingerprint density at radius 2 is 2.11 bits per heavy atom. The largest absolute Gasteiger partial charge is 0.423 e. The van der Waals surface area contributed by atoms with Crippen LogP contribution in [0.5, 0.6) is 0 Å². The highest BCUT2D eigenvalue weighted by Crippen LogP contribution is 1.97. The molecule has 0 saturated carbocycles. The molecule has 0 aliphatic carbocycles. The van der Waals surface area contributed by atoms with Gasteiger partial charge in [0, 0.05) is 7.05 Å². The van der Waals surface area contributed by atoms with Crippen molar-refractivity contribution in [3.05, 3.63) is 0 Å². The number of carbonyl (C=O) groups is 1. The Bertz CT molecular complexity index is 197. The molecule has 0 rings (SSSR count). The first kappa shape index (κ1) is 8.51. The Morgan fingerprint density at radius 3 is 2.22 bits per heavy atom. The fourth-order valence-electron chi connectivity index (χ4n) is 0.132. The van der Waals surface area contributed by atoms with Crippen molar-refractivity contribution in [2.45, 2.75) is 0 Å². The first-order valence-electron chi connectivity index (χ1n) is 1.81. The predicted molar refractivity (Wildman–Crippen MR) is 30.3 cm³/mol. The first-order valence-corrected chi connectivity index (χ1v) is 4.05. The molecule has 7 heteroatoms. The summed E-state index contributed by atoms with van der Waals surface area (Å²) in [6.45, 7) is 0. The molecule has 5 nitrogen and oxygen atoms in total. The molecule has 1 N–H and O–H groups in total. The molecule has 0 heterocycles. The van der Waals surface area contributed by atoms with Crippen molar-refractivity contribution in [1.29, 1.82) is 0 Å². The third kappa shape index (κ3) is 5.38. The van der Waals surface area contributed by atoms with E-state index in [0.29, 0.717) is 0 Å². The number of carbonyl (C=O) groups excluding carboxylic acids is 1. The molecule has 0 atom stereocenters. The van der Waals surface area contributed by atoms with Gasteiger partial charge in [0.2, 0.25) is 0 Å². The van der Waals surface area contributed by atoms with Gasteiger partial charge in [-0.1, -0.05) is 0 Å². The highest BCUT2D eigenvalue weighted by Gasteiger charge is 2.09. The molecule has 0 aromatic rings. The predicted octanol–water partition coefficient (Wildman–Crippen LogP) is -0.174. The van der Waals surface area contributed by atoms with Crippen LogP contribution in [-0.4, -0.2) is 21.6 Å². The summed E-state index contributed by atoms with van der Waals surface area (Å²) in [5, 5.41) is 1.90. The van der Waals surface area contributed by atoms with Crippen molar-refractivity contribution in [3.63, 3.8) is 0 Å². The van der Waals surface area contributed by atoms with E-state index in [1.807, 2.05) is 5.32 Å². The summed E-state index contributed by atoms with van der Waals surface area (Å²) in [5.41, 5.74) is 0. The smallest absolute Gasteiger partial charge is 0.324 e. The minimum atomic E-state index is -4.18. The van der Waals surface area contributed by atoms with E-state index in [0.717, 1.165) is 0 Å². The Morgan fingerprint density at radius 1 is 1.67 bits per heavy atom. The van der Waals surface area contributed by atoms with Crippen LogP contribution >= 0.6 is 10.7 Å². The summed E-state index contributed by atoms with van der Waals surface area (Å²) in [5.74, 6) is 0. The number of amides is 1. The van der Waals surface area contributed by atoms with E-state index >= 15 is 0 Å². The lowest BCUT2D eigenvalue weighted by atomic mass is 11.1. The van der Waals surface area contributed by atoms with E-state index in [4.69, 9.17) is 0 Å². The van der Waals surface area contributed by atoms with Crippen molar-refractivity contribution in [3.8, 4) is 0 Å². The van der Waals surface area contributed by atoms with Gasteiger partial charge >= 0.3 is 15.4 Å². The highest BCUT2D eigenvalue weighted by atomic mass is 35.7. The van der Waals surface area contributed by atoms with Crippen LogP contribution in [-0.2, 0) is 13.5 Å². The van der Waals surface area contributed by atoms with Gasteiger partial charge in [-0.05, 0) is 0 Å². The van der Waals surface area contributed by atoms with Gasteiger partial charge in [0.1, 0.15) is 0 Å². The van der Waals surface area contributed by atoms with Gasteiger partial charge in [0.15, 0.2) is 0 Å². The SMILES string of the molecule is CNC(=O)OS(=O)(=O)Cl. The third-order valence-corrected chi connectivity index (χ3v) is 0.919. The average molecular weight is 174 g/mol. The van der Waals surface area contributed by atoms with Crippen molar-refractivity contribution >= 4 is 26.1 Å². The standard InChI is InChI=1S/C2H4ClNO4S/c1-4-2(5)8-9(3,6)7/h1H3,(H,4,5). The van der Waals surface area contributed by atoms with Crippen molar-refractivity contribution in [2.24, 2.45) is 0 Å². The Kier molecular flexibility index (Phi) is 2.72. The molecule has 0 spiro atoms. The van der Waals surface area contributed by atoms with Gasteiger partial charge in [-0.2, -0.15) is 8.42 Å². The van der Waals surface area contributed by atoms with Crippen molar-refractivity contribution in [2.75, 3.05) is 7.05 Å². The zero-order valence-electron chi connectivity index (χ0n) is 4.42. The second-order valence-electron chi connectivity index (χ2n) is 1.01. The van der Waals surface area contributed by atoms with Gasteiger partial charge < -0.3 is 9.50 Å². The maximum absolute atomic E-state index is 10.0. The molecule has 0 aliphatic heterocycles. The first-order chi connectivity index (χ1) is 3.95. The number of rotatable bonds is 1. The van der Waals surface area contributed by atoms with E-state index in [-0.39, 0.29) is 0 Å². The average Bonchev–Trinajstić information content (AvgIpc) is 1.62. The molecule has 0 aromatic heterocycles. The van der Waals surface area contributed by atoms with Crippen LogP contribution in [0.25, 0.3) is 0 Å². The van der Waals surface area contributed by atoms with Gasteiger partial charge in [-0.3, -0.25) is 0 Å². The third-order valence-electron chi connectivity index (χ3n) is 0.379. The molecule has 0 aromatic carbocycles. The Labute approximate surface area is 56.6 Å². The Hall–Kier alpha value is -0.490. The normalized spacial score (nSPS) is 10.4. The Balaban J connectivity index is 3.91. The van der Waals surface area contributed by atoms with E-state index in [9.17, 15) is 13.2 Å². The summed E-state index contributed by atoms with van der Waals surface area (Å²) in [7, 11) is 1.53. The topological polar surface area (TPSA) is 72.5 Å². The molecule has 0 fully saturated rings. The van der Waals surface area contributed by atoms with Gasteiger partial charge in [-0.15, -0.1) is 0 Å². The molecular formula is C2H4ClNO4S. The van der Waals surface area contributed by atoms with Crippen molar-refractivity contribution < 1.29 is 17.4 Å². The van der Waals surface area contributed by atoms with E-state index in [1.54, 1.807) is 0 Å². The lowest BCUT2D eigenvalue weighted by Gasteiger charge is -1.94. The van der Waals surface area contributed by atoms with Crippen LogP contribution < -0.4 is 5.32 Å². The number of hydrogen-bond donors (Lipinski definition) is 1. The zero-order chi connectivity index (χ0) is 7.49. The van der Waals surface area contributed by atoms with Crippen LogP contribution in [0.4, 0.5) is 4.79 Å². The maximum atomic E-state index is 10.0. The molecule has 0 unspecified atom stereocenters. The number of nitrogens with one attached hydrogen (secondary N) is 1. The molecular weight excluding hydrogens is 170 g/mol. The maximum Gasteiger partial charge on any atom is 0.423 e. The second kappa shape index (κ2) is 2.88. The van der Waals surface area contributed by atoms with Gasteiger partial charge in [0.05, 0.1) is 10.7 Å². The summed E-state index contributed by atoms with van der Waals surface area (Å²) in [6.07, 6.45) is -1.11. The van der Waals surface area contributed by atoms with Gasteiger partial charge in [0.25, 0.3) is 0 Å². The molecule has 0 saturated heterocycles. The zero-order valence-corrected chi connectivity index (χ0v) is 5.99. The van der Waals surface area contributed by atoms with Crippen LogP contribution in [0.2, 0.25) is 0 Å². The van der Waals surface area contributed by atoms with E-state index in [1.165, 1.54) is 7.05 Å². The van der Waals surface area contributed by atoms with Crippen LogP contribution in [0.1, 0.15) is 0 Å². The van der Waals surface area contributed by atoms with Crippen LogP contribution in [0.15, 0.2) is 0 Å². The summed E-state index contributed by atoms with van der Waals surface area (Å²) in [4.78, 5) is 10.0. The molecule has 1 amide bonds. The van der Waals surface area contributed by atoms with Gasteiger partial charge in [-0.25, -0.2) is 4.79 Å². The fourth-order valence-corrected chi connectivity index (χ4v) is 0.568. The molecule has 0 radical (unpaired) electrons. The summed E-state index contributed by atoms with van der Waals surface area (Å²) in [6, 6.07) is 0. The quantitative estimate of drug-likeness (QED) is 0.559. The lowest BCUT2D eigenvalue weighted by molar-refractivity contribution is 0.206. The van der Waals surface area contributed by atoms with E-state index < -0.39 is 15.4 Å². The molecule has 0 bridgehead atoms. The lowest BCUT2D eigenvalue weighted by Crippen LogP contribution is -2.20. The second-order valence-corrected chi connectivity index (χ2v) is 3.10. The summed E-state index contributed by atoms with van der Waals surface area (Å²) >= 11 is 0. The summed E-state index contributed by atoms with van der Waals surface area (Å²) < 4.78 is 23.3. The molecule has 54 valence electrons. The van der Waals surface area contributed by atoms with E-state index in [2.05, 4.69) is 14.9 Å². The fraction of sp³-hybridized carbons (Fsp3) is 0.500. The number of halogens is 1. The monoisotopic (exact) mass is 173 g/mol. The minimum absolute atomic E-state index is 1.11. The number of hydrogen-bond acceptors (Lipinski definition) is 4. The van der Waals surface area contributed by atoms with Crippen molar-refractivity contribution in [1.82, 2.24) is 5.32 Å². The highest BCUT2D eigenvalue weighted by molar-refractivity contribution is 8.10.